The number of ether oxygens (including phenoxy) is 2. The van der Waals surface area contributed by atoms with Gasteiger partial charge in [0, 0.05) is 18.9 Å². The highest BCUT2D eigenvalue weighted by Crippen LogP contribution is 2.36. The third kappa shape index (κ3) is 6.05. The molecule has 0 bridgehead atoms. The predicted octanol–water partition coefficient (Wildman–Crippen LogP) is 3.48. The Labute approximate surface area is 191 Å². The van der Waals surface area contributed by atoms with Gasteiger partial charge >= 0.3 is 0 Å². The predicted molar refractivity (Wildman–Crippen MR) is 123 cm³/mol. The number of nitriles is 1. The highest BCUT2D eigenvalue weighted by molar-refractivity contribution is 8.03. The van der Waals surface area contributed by atoms with Gasteiger partial charge in [-0.3, -0.25) is 9.59 Å². The van der Waals surface area contributed by atoms with Crippen LogP contribution in [0.1, 0.15) is 30.4 Å². The molecule has 166 valence electrons. The average Bonchev–Trinajstić information content (AvgIpc) is 2.82. The van der Waals surface area contributed by atoms with Gasteiger partial charge in [0.2, 0.25) is 11.8 Å². The maximum Gasteiger partial charge on any atom is 0.230 e. The van der Waals surface area contributed by atoms with Crippen molar-refractivity contribution in [3.05, 3.63) is 70.3 Å². The minimum absolute atomic E-state index is 0.0902. The fourth-order valence-corrected chi connectivity index (χ4v) is 4.22. The van der Waals surface area contributed by atoms with Gasteiger partial charge in [-0.25, -0.2) is 0 Å². The van der Waals surface area contributed by atoms with E-state index < -0.39 is 0 Å². The minimum atomic E-state index is -0.353. The van der Waals surface area contributed by atoms with Gasteiger partial charge < -0.3 is 20.1 Å². The molecule has 1 aliphatic heterocycles. The Balaban J connectivity index is 1.64. The monoisotopic (exact) mass is 451 g/mol. The first-order valence-electron chi connectivity index (χ1n) is 10.2. The summed E-state index contributed by atoms with van der Waals surface area (Å²) in [6, 6.07) is 17.1. The van der Waals surface area contributed by atoms with E-state index in [-0.39, 0.29) is 29.9 Å². The largest absolute Gasteiger partial charge is 0.497 e. The number of benzene rings is 2. The highest BCUT2D eigenvalue weighted by atomic mass is 32.2. The number of nitrogens with zero attached hydrogens (tertiary/aromatic N) is 1. The van der Waals surface area contributed by atoms with Crippen molar-refractivity contribution in [2.24, 2.45) is 0 Å². The molecule has 1 atom stereocenters. The van der Waals surface area contributed by atoms with Crippen LogP contribution in [0, 0.1) is 11.3 Å². The summed E-state index contributed by atoms with van der Waals surface area (Å²) in [6.07, 6.45) is 0.185. The molecule has 2 N–H and O–H groups in total. The summed E-state index contributed by atoms with van der Waals surface area (Å²) in [6.45, 7) is 2.86. The molecule has 1 aliphatic rings. The number of allylic oxidation sites excluding steroid dienone is 1. The first kappa shape index (κ1) is 23.2. The summed E-state index contributed by atoms with van der Waals surface area (Å²) in [4.78, 5) is 24.6. The molecule has 2 aromatic carbocycles. The molecule has 2 aromatic rings. The quantitative estimate of drug-likeness (QED) is 0.605. The molecule has 0 saturated carbocycles. The van der Waals surface area contributed by atoms with Crippen molar-refractivity contribution in [2.45, 2.75) is 25.8 Å². The maximum absolute atomic E-state index is 12.3. The summed E-state index contributed by atoms with van der Waals surface area (Å²) in [5.41, 5.74) is 2.27. The summed E-state index contributed by atoms with van der Waals surface area (Å²) in [5, 5.41) is 15.8. The van der Waals surface area contributed by atoms with Crippen LogP contribution in [-0.2, 0) is 16.1 Å². The van der Waals surface area contributed by atoms with Gasteiger partial charge in [-0.05, 0) is 42.3 Å². The first-order valence-corrected chi connectivity index (χ1v) is 11.2. The Hall–Kier alpha value is -3.44. The highest BCUT2D eigenvalue weighted by Gasteiger charge is 2.29. The smallest absolute Gasteiger partial charge is 0.230 e. The molecule has 0 fully saturated rings. The number of thioether (sulfide) groups is 1. The number of hydrogen-bond acceptors (Lipinski definition) is 6. The topological polar surface area (TPSA) is 100 Å². The van der Waals surface area contributed by atoms with Crippen molar-refractivity contribution < 1.29 is 19.1 Å². The third-order valence-corrected chi connectivity index (χ3v) is 5.96. The lowest BCUT2D eigenvalue weighted by molar-refractivity contribution is -0.121. The summed E-state index contributed by atoms with van der Waals surface area (Å²) < 4.78 is 10.6. The van der Waals surface area contributed by atoms with Gasteiger partial charge in [0.05, 0.1) is 36.1 Å². The standard InChI is InChI=1S/C24H25N3O4S/c1-3-31-19-10-6-17(7-11-19)20-12-22(28)27-24(21(20)13-25)32-15-23(29)26-14-16-4-8-18(30-2)9-5-16/h4-11,20H,3,12,14-15H2,1-2H3,(H,26,29)(H,27,28)/t20-/m0/s1. The Bertz CT molecular complexity index is 1030. The molecule has 0 unspecified atom stereocenters. The van der Waals surface area contributed by atoms with E-state index in [9.17, 15) is 14.9 Å². The van der Waals surface area contributed by atoms with E-state index in [0.717, 1.165) is 34.4 Å². The van der Waals surface area contributed by atoms with Crippen molar-refractivity contribution in [1.82, 2.24) is 10.6 Å². The van der Waals surface area contributed by atoms with E-state index >= 15 is 0 Å². The molecule has 0 spiro atoms. The van der Waals surface area contributed by atoms with Crippen LogP contribution in [0.5, 0.6) is 11.5 Å². The Morgan fingerprint density at radius 2 is 1.88 bits per heavy atom. The number of rotatable bonds is 9. The lowest BCUT2D eigenvalue weighted by Gasteiger charge is -2.25. The molecule has 0 aliphatic carbocycles. The van der Waals surface area contributed by atoms with Gasteiger partial charge in [-0.2, -0.15) is 5.26 Å². The van der Waals surface area contributed by atoms with Crippen molar-refractivity contribution in [3.8, 4) is 17.6 Å². The zero-order valence-corrected chi connectivity index (χ0v) is 18.8. The van der Waals surface area contributed by atoms with E-state index in [1.165, 1.54) is 0 Å². The number of carbonyl (C=O) groups is 2. The summed E-state index contributed by atoms with van der Waals surface area (Å²) in [5.74, 6) is 0.864. The van der Waals surface area contributed by atoms with Gasteiger partial charge in [-0.1, -0.05) is 36.0 Å². The van der Waals surface area contributed by atoms with Crippen LogP contribution >= 0.6 is 11.8 Å². The lowest BCUT2D eigenvalue weighted by atomic mass is 9.87. The molecule has 0 aromatic heterocycles. The number of nitrogens with one attached hydrogen (secondary N) is 2. The van der Waals surface area contributed by atoms with E-state index in [1.807, 2.05) is 55.5 Å². The fraction of sp³-hybridized carbons (Fsp3) is 0.292. The minimum Gasteiger partial charge on any atom is -0.497 e. The molecule has 0 radical (unpaired) electrons. The fourth-order valence-electron chi connectivity index (χ4n) is 3.31. The van der Waals surface area contributed by atoms with E-state index in [0.29, 0.717) is 23.8 Å². The first-order chi connectivity index (χ1) is 15.5. The Morgan fingerprint density at radius 3 is 2.50 bits per heavy atom. The van der Waals surface area contributed by atoms with Crippen molar-refractivity contribution in [2.75, 3.05) is 19.5 Å². The second kappa shape index (κ2) is 11.3. The van der Waals surface area contributed by atoms with E-state index in [1.54, 1.807) is 7.11 Å². The lowest BCUT2D eigenvalue weighted by Crippen LogP contribution is -2.32. The molecule has 1 heterocycles. The summed E-state index contributed by atoms with van der Waals surface area (Å²) >= 11 is 1.16. The van der Waals surface area contributed by atoms with Crippen molar-refractivity contribution in [3.63, 3.8) is 0 Å². The summed E-state index contributed by atoms with van der Waals surface area (Å²) in [7, 11) is 1.60. The Kier molecular flexibility index (Phi) is 8.17. The van der Waals surface area contributed by atoms with Crippen LogP contribution in [-0.4, -0.2) is 31.3 Å². The SMILES string of the molecule is CCOc1ccc([C@@H]2CC(=O)NC(SCC(=O)NCc3ccc(OC)cc3)=C2C#N)cc1. The molecule has 3 rings (SSSR count). The average molecular weight is 452 g/mol. The van der Waals surface area contributed by atoms with Crippen LogP contribution in [0.25, 0.3) is 0 Å². The molecular formula is C24H25N3O4S. The maximum atomic E-state index is 12.3. The zero-order chi connectivity index (χ0) is 22.9. The zero-order valence-electron chi connectivity index (χ0n) is 18.0. The van der Waals surface area contributed by atoms with Crippen molar-refractivity contribution >= 4 is 23.6 Å². The van der Waals surface area contributed by atoms with E-state index in [2.05, 4.69) is 16.7 Å². The second-order valence-corrected chi connectivity index (χ2v) is 8.06. The van der Waals surface area contributed by atoms with Crippen LogP contribution in [0.2, 0.25) is 0 Å². The van der Waals surface area contributed by atoms with Gasteiger partial charge in [0.25, 0.3) is 0 Å². The van der Waals surface area contributed by atoms with Crippen LogP contribution < -0.4 is 20.1 Å². The van der Waals surface area contributed by atoms with Crippen molar-refractivity contribution in [1.29, 1.82) is 5.26 Å². The van der Waals surface area contributed by atoms with E-state index in [4.69, 9.17) is 9.47 Å². The molecule has 0 saturated heterocycles. The molecule has 7 nitrogen and oxygen atoms in total. The number of methoxy groups -OCH3 is 1. The molecule has 8 heteroatoms. The van der Waals surface area contributed by atoms with Gasteiger partial charge in [-0.15, -0.1) is 0 Å². The number of hydrogen-bond donors (Lipinski definition) is 2. The van der Waals surface area contributed by atoms with Crippen LogP contribution in [0.4, 0.5) is 0 Å². The normalized spacial score (nSPS) is 15.5. The molecule has 32 heavy (non-hydrogen) atoms. The van der Waals surface area contributed by atoms with Gasteiger partial charge in [0.1, 0.15) is 11.5 Å². The van der Waals surface area contributed by atoms with Gasteiger partial charge in [0.15, 0.2) is 0 Å². The number of amides is 2. The Morgan fingerprint density at radius 1 is 1.19 bits per heavy atom. The van der Waals surface area contributed by atoms with Crippen LogP contribution in [0.15, 0.2) is 59.1 Å². The van der Waals surface area contributed by atoms with Crippen LogP contribution in [0.3, 0.4) is 0 Å². The second-order valence-electron chi connectivity index (χ2n) is 7.08. The molecular weight excluding hydrogens is 426 g/mol. The molecule has 2 amide bonds. The number of carbonyl (C=O) groups excluding carboxylic acids is 2. The third-order valence-electron chi connectivity index (χ3n) is 4.95.